The molecule has 0 bridgehead atoms. The molecule has 0 radical (unpaired) electrons. The molecule has 2 heteroatoms. The first kappa shape index (κ1) is 7.61. The molecule has 0 aliphatic heterocycles. The molecule has 0 aromatic carbocycles. The lowest BCUT2D eigenvalue weighted by molar-refractivity contribution is 0.981. The van der Waals surface area contributed by atoms with E-state index in [1.165, 1.54) is 10.6 Å². The van der Waals surface area contributed by atoms with Crippen LogP contribution in [0, 0.1) is 0 Å². The van der Waals surface area contributed by atoms with Gasteiger partial charge in [-0.15, -0.1) is 11.8 Å². The van der Waals surface area contributed by atoms with Crippen LogP contribution < -0.4 is 0 Å². The van der Waals surface area contributed by atoms with Crippen molar-refractivity contribution in [2.45, 2.75) is 18.2 Å². The first-order chi connectivity index (χ1) is 4.88. The van der Waals surface area contributed by atoms with Gasteiger partial charge < -0.3 is 0 Å². The Balaban J connectivity index is 2.96. The standard InChI is InChI=1S/C8H11NS/c1-3-7-8(10-2)5-4-6-9-7/h4-6H,3H2,1-2H3. The molecule has 1 rings (SSSR count). The molecule has 0 aliphatic carbocycles. The molecule has 1 nitrogen and oxygen atoms in total. The summed E-state index contributed by atoms with van der Waals surface area (Å²) in [6.07, 6.45) is 4.95. The Hall–Kier alpha value is -0.500. The molecular weight excluding hydrogens is 142 g/mol. The Morgan fingerprint density at radius 2 is 2.40 bits per heavy atom. The first-order valence-electron chi connectivity index (χ1n) is 3.36. The van der Waals surface area contributed by atoms with Gasteiger partial charge in [0, 0.05) is 11.1 Å². The molecule has 0 saturated carbocycles. The lowest BCUT2D eigenvalue weighted by Gasteiger charge is -2.00. The Morgan fingerprint density at radius 1 is 1.60 bits per heavy atom. The van der Waals surface area contributed by atoms with Crippen LogP contribution in [0.2, 0.25) is 0 Å². The molecular formula is C8H11NS. The largest absolute Gasteiger partial charge is 0.260 e. The minimum Gasteiger partial charge on any atom is -0.260 e. The van der Waals surface area contributed by atoms with Crippen LogP contribution in [0.15, 0.2) is 23.2 Å². The highest BCUT2D eigenvalue weighted by Gasteiger charge is 1.96. The van der Waals surface area contributed by atoms with Crippen molar-refractivity contribution >= 4 is 11.8 Å². The normalized spacial score (nSPS) is 9.80. The van der Waals surface area contributed by atoms with Gasteiger partial charge in [-0.05, 0) is 24.8 Å². The quantitative estimate of drug-likeness (QED) is 0.605. The summed E-state index contributed by atoms with van der Waals surface area (Å²) in [5.74, 6) is 0. The molecule has 0 amide bonds. The topological polar surface area (TPSA) is 12.9 Å². The van der Waals surface area contributed by atoms with Crippen LogP contribution in [0.3, 0.4) is 0 Å². The van der Waals surface area contributed by atoms with E-state index < -0.39 is 0 Å². The Morgan fingerprint density at radius 3 is 2.90 bits per heavy atom. The van der Waals surface area contributed by atoms with E-state index >= 15 is 0 Å². The van der Waals surface area contributed by atoms with Crippen molar-refractivity contribution in [1.29, 1.82) is 0 Å². The van der Waals surface area contributed by atoms with Gasteiger partial charge in [-0.2, -0.15) is 0 Å². The lowest BCUT2D eigenvalue weighted by atomic mass is 10.3. The average Bonchev–Trinajstić information content (AvgIpc) is 2.04. The fourth-order valence-corrected chi connectivity index (χ4v) is 1.52. The van der Waals surface area contributed by atoms with Crippen LogP contribution in [0.5, 0.6) is 0 Å². The number of hydrogen-bond acceptors (Lipinski definition) is 2. The molecule has 1 aromatic rings. The number of pyridine rings is 1. The Kier molecular flexibility index (Phi) is 2.75. The van der Waals surface area contributed by atoms with Crippen molar-refractivity contribution in [3.05, 3.63) is 24.0 Å². The van der Waals surface area contributed by atoms with Crippen molar-refractivity contribution in [2.75, 3.05) is 6.26 Å². The van der Waals surface area contributed by atoms with E-state index in [9.17, 15) is 0 Å². The molecule has 0 N–H and O–H groups in total. The maximum absolute atomic E-state index is 4.25. The van der Waals surface area contributed by atoms with Crippen LogP contribution in [0.25, 0.3) is 0 Å². The SMILES string of the molecule is CCc1ncccc1SC. The number of nitrogens with zero attached hydrogens (tertiary/aromatic N) is 1. The highest BCUT2D eigenvalue weighted by Crippen LogP contribution is 2.17. The van der Waals surface area contributed by atoms with Gasteiger partial charge in [0.15, 0.2) is 0 Å². The van der Waals surface area contributed by atoms with Crippen molar-refractivity contribution in [2.24, 2.45) is 0 Å². The van der Waals surface area contributed by atoms with Crippen molar-refractivity contribution < 1.29 is 0 Å². The summed E-state index contributed by atoms with van der Waals surface area (Å²) in [6.45, 7) is 2.13. The number of rotatable bonds is 2. The molecule has 1 aromatic heterocycles. The van der Waals surface area contributed by atoms with E-state index in [1.807, 2.05) is 12.3 Å². The van der Waals surface area contributed by atoms with Gasteiger partial charge in [-0.3, -0.25) is 4.98 Å². The van der Waals surface area contributed by atoms with Crippen molar-refractivity contribution in [1.82, 2.24) is 4.98 Å². The zero-order chi connectivity index (χ0) is 7.40. The average molecular weight is 153 g/mol. The van der Waals surface area contributed by atoms with E-state index in [-0.39, 0.29) is 0 Å². The molecule has 54 valence electrons. The summed E-state index contributed by atoms with van der Waals surface area (Å²) >= 11 is 1.76. The monoisotopic (exact) mass is 153 g/mol. The van der Waals surface area contributed by atoms with Gasteiger partial charge in [0.1, 0.15) is 0 Å². The molecule has 0 aliphatic rings. The molecule has 1 heterocycles. The summed E-state index contributed by atoms with van der Waals surface area (Å²) in [5, 5.41) is 0. The predicted molar refractivity (Wildman–Crippen MR) is 45.4 cm³/mol. The zero-order valence-electron chi connectivity index (χ0n) is 6.29. The van der Waals surface area contributed by atoms with E-state index in [0.717, 1.165) is 6.42 Å². The number of hydrogen-bond donors (Lipinski definition) is 0. The van der Waals surface area contributed by atoms with E-state index in [4.69, 9.17) is 0 Å². The van der Waals surface area contributed by atoms with Crippen molar-refractivity contribution in [3.63, 3.8) is 0 Å². The fourth-order valence-electron chi connectivity index (χ4n) is 0.875. The molecule has 0 fully saturated rings. The van der Waals surface area contributed by atoms with Crippen LogP contribution in [-0.2, 0) is 6.42 Å². The van der Waals surface area contributed by atoms with Crippen LogP contribution in [-0.4, -0.2) is 11.2 Å². The Labute approximate surface area is 65.9 Å². The highest BCUT2D eigenvalue weighted by atomic mass is 32.2. The molecule has 0 spiro atoms. The number of thioether (sulfide) groups is 1. The van der Waals surface area contributed by atoms with E-state index in [0.29, 0.717) is 0 Å². The van der Waals surface area contributed by atoms with E-state index in [1.54, 1.807) is 11.8 Å². The molecule has 10 heavy (non-hydrogen) atoms. The van der Waals surface area contributed by atoms with Crippen LogP contribution >= 0.6 is 11.8 Å². The Bertz CT molecular complexity index is 187. The second kappa shape index (κ2) is 3.62. The first-order valence-corrected chi connectivity index (χ1v) is 4.58. The minimum absolute atomic E-state index is 1.02. The van der Waals surface area contributed by atoms with Gasteiger partial charge in [0.2, 0.25) is 0 Å². The van der Waals surface area contributed by atoms with Crippen LogP contribution in [0.4, 0.5) is 0 Å². The third-order valence-corrected chi connectivity index (χ3v) is 2.21. The smallest absolute Gasteiger partial charge is 0.0536 e. The van der Waals surface area contributed by atoms with Gasteiger partial charge in [-0.25, -0.2) is 0 Å². The third kappa shape index (κ3) is 1.51. The maximum Gasteiger partial charge on any atom is 0.0536 e. The molecule has 0 unspecified atom stereocenters. The van der Waals surface area contributed by atoms with Crippen molar-refractivity contribution in [3.8, 4) is 0 Å². The lowest BCUT2D eigenvalue weighted by Crippen LogP contribution is -1.87. The summed E-state index contributed by atoms with van der Waals surface area (Å²) in [6, 6.07) is 4.08. The minimum atomic E-state index is 1.02. The number of aromatic nitrogens is 1. The third-order valence-electron chi connectivity index (χ3n) is 1.40. The second-order valence-electron chi connectivity index (χ2n) is 2.01. The zero-order valence-corrected chi connectivity index (χ0v) is 7.11. The maximum atomic E-state index is 4.25. The fraction of sp³-hybridized carbons (Fsp3) is 0.375. The highest BCUT2D eigenvalue weighted by molar-refractivity contribution is 7.98. The van der Waals surface area contributed by atoms with Gasteiger partial charge in [-0.1, -0.05) is 6.92 Å². The second-order valence-corrected chi connectivity index (χ2v) is 2.85. The summed E-state index contributed by atoms with van der Waals surface area (Å²) in [7, 11) is 0. The molecule has 0 saturated heterocycles. The summed E-state index contributed by atoms with van der Waals surface area (Å²) < 4.78 is 0. The summed E-state index contributed by atoms with van der Waals surface area (Å²) in [5.41, 5.74) is 1.20. The van der Waals surface area contributed by atoms with Crippen LogP contribution in [0.1, 0.15) is 12.6 Å². The predicted octanol–water partition coefficient (Wildman–Crippen LogP) is 2.37. The molecule has 0 atom stereocenters. The van der Waals surface area contributed by atoms with Gasteiger partial charge >= 0.3 is 0 Å². The summed E-state index contributed by atoms with van der Waals surface area (Å²) in [4.78, 5) is 5.54. The van der Waals surface area contributed by atoms with Gasteiger partial charge in [0.25, 0.3) is 0 Å². The van der Waals surface area contributed by atoms with Gasteiger partial charge in [0.05, 0.1) is 5.69 Å². The van der Waals surface area contributed by atoms with E-state index in [2.05, 4.69) is 24.2 Å². The number of aryl methyl sites for hydroxylation is 1.